The molecule has 0 radical (unpaired) electrons. The number of carbonyl (C=O) groups is 1. The Kier molecular flexibility index (Phi) is 8.86. The molecule has 0 saturated carbocycles. The van der Waals surface area contributed by atoms with Gasteiger partial charge in [0.25, 0.3) is 0 Å². The van der Waals surface area contributed by atoms with Gasteiger partial charge in [0.2, 0.25) is 10.0 Å². The van der Waals surface area contributed by atoms with Gasteiger partial charge in [-0.2, -0.15) is 4.31 Å². The fourth-order valence-corrected chi connectivity index (χ4v) is 5.03. The lowest BCUT2D eigenvalue weighted by Crippen LogP contribution is -2.48. The molecule has 1 heterocycles. The first kappa shape index (κ1) is 23.1. The first-order valence-electron chi connectivity index (χ1n) is 10.1. The zero-order valence-corrected chi connectivity index (χ0v) is 18.0. The third kappa shape index (κ3) is 6.41. The summed E-state index contributed by atoms with van der Waals surface area (Å²) in [4.78, 5) is 12.8. The summed E-state index contributed by atoms with van der Waals surface area (Å²) < 4.78 is 32.8. The normalized spacial score (nSPS) is 18.2. The van der Waals surface area contributed by atoms with E-state index in [4.69, 9.17) is 4.74 Å². The molecular weight excluding hydrogens is 386 g/mol. The predicted octanol–water partition coefficient (Wildman–Crippen LogP) is 4.55. The summed E-state index contributed by atoms with van der Waals surface area (Å²) in [6.45, 7) is 9.97. The van der Waals surface area contributed by atoms with Crippen LogP contribution in [-0.4, -0.2) is 37.9 Å². The van der Waals surface area contributed by atoms with Gasteiger partial charge in [-0.25, -0.2) is 8.42 Å². The van der Waals surface area contributed by atoms with E-state index in [2.05, 4.69) is 13.2 Å². The summed E-state index contributed by atoms with van der Waals surface area (Å²) >= 11 is 0. The lowest BCUT2D eigenvalue weighted by atomic mass is 10.1. The van der Waals surface area contributed by atoms with Gasteiger partial charge < -0.3 is 4.74 Å². The zero-order valence-electron chi connectivity index (χ0n) is 17.2. The average molecular weight is 418 g/mol. The van der Waals surface area contributed by atoms with E-state index in [1.165, 1.54) is 4.31 Å². The molecule has 1 atom stereocenters. The quantitative estimate of drug-likeness (QED) is 0.318. The van der Waals surface area contributed by atoms with Gasteiger partial charge in [-0.3, -0.25) is 4.79 Å². The van der Waals surface area contributed by atoms with Gasteiger partial charge >= 0.3 is 5.97 Å². The number of hydrogen-bond donors (Lipinski definition) is 0. The SMILES string of the molecule is C=C/C=C(\C=C)CCCCOC(=O)C1CCCCN1S(=O)(=O)c1ccc(C)cc1. The number of allylic oxidation sites excluding steroid dienone is 4. The van der Waals surface area contributed by atoms with Crippen molar-refractivity contribution in [2.75, 3.05) is 13.2 Å². The molecule has 0 N–H and O–H groups in total. The third-order valence-electron chi connectivity index (χ3n) is 5.05. The first-order valence-corrected chi connectivity index (χ1v) is 11.5. The molecule has 0 aliphatic carbocycles. The summed E-state index contributed by atoms with van der Waals surface area (Å²) in [6.07, 6.45) is 9.89. The average Bonchev–Trinajstić information content (AvgIpc) is 2.72. The maximum atomic E-state index is 13.1. The smallest absolute Gasteiger partial charge is 0.324 e. The fourth-order valence-electron chi connectivity index (χ4n) is 3.38. The minimum absolute atomic E-state index is 0.216. The zero-order chi connectivity index (χ0) is 21.3. The van der Waals surface area contributed by atoms with Crippen LogP contribution < -0.4 is 0 Å². The Morgan fingerprint density at radius 2 is 1.93 bits per heavy atom. The van der Waals surface area contributed by atoms with Crippen LogP contribution in [0.1, 0.15) is 44.1 Å². The highest BCUT2D eigenvalue weighted by atomic mass is 32.2. The van der Waals surface area contributed by atoms with Crippen LogP contribution in [-0.2, 0) is 19.6 Å². The highest BCUT2D eigenvalue weighted by Crippen LogP contribution is 2.26. The Bertz CT molecular complexity index is 840. The van der Waals surface area contributed by atoms with Crippen molar-refractivity contribution in [2.45, 2.75) is 56.4 Å². The second-order valence-electron chi connectivity index (χ2n) is 7.25. The molecule has 1 unspecified atom stereocenters. The van der Waals surface area contributed by atoms with Crippen LogP contribution in [0.2, 0.25) is 0 Å². The summed E-state index contributed by atoms with van der Waals surface area (Å²) in [5.41, 5.74) is 2.08. The van der Waals surface area contributed by atoms with E-state index in [1.807, 2.05) is 13.0 Å². The first-order chi connectivity index (χ1) is 13.9. The number of aryl methyl sites for hydroxylation is 1. The Labute approximate surface area is 174 Å². The van der Waals surface area contributed by atoms with Gasteiger partial charge in [-0.15, -0.1) is 0 Å². The second-order valence-corrected chi connectivity index (χ2v) is 9.14. The number of benzene rings is 1. The van der Waals surface area contributed by atoms with Crippen LogP contribution in [0.25, 0.3) is 0 Å². The Morgan fingerprint density at radius 3 is 2.59 bits per heavy atom. The van der Waals surface area contributed by atoms with Crippen molar-refractivity contribution >= 4 is 16.0 Å². The molecule has 1 aliphatic rings. The Balaban J connectivity index is 1.95. The minimum Gasteiger partial charge on any atom is -0.464 e. The molecule has 0 bridgehead atoms. The van der Waals surface area contributed by atoms with Crippen LogP contribution in [0.4, 0.5) is 0 Å². The van der Waals surface area contributed by atoms with Crippen molar-refractivity contribution in [2.24, 2.45) is 0 Å². The molecule has 1 aliphatic heterocycles. The van der Waals surface area contributed by atoms with Gasteiger partial charge in [0.05, 0.1) is 11.5 Å². The topological polar surface area (TPSA) is 63.7 Å². The number of piperidine rings is 1. The number of nitrogens with zero attached hydrogens (tertiary/aromatic N) is 1. The number of sulfonamides is 1. The molecular formula is C23H31NO4S. The van der Waals surface area contributed by atoms with E-state index in [0.717, 1.165) is 36.8 Å². The van der Waals surface area contributed by atoms with Crippen molar-refractivity contribution in [3.05, 3.63) is 66.8 Å². The maximum Gasteiger partial charge on any atom is 0.324 e. The molecule has 29 heavy (non-hydrogen) atoms. The van der Waals surface area contributed by atoms with Crippen LogP contribution >= 0.6 is 0 Å². The van der Waals surface area contributed by atoms with E-state index in [9.17, 15) is 13.2 Å². The van der Waals surface area contributed by atoms with Crippen molar-refractivity contribution < 1.29 is 17.9 Å². The maximum absolute atomic E-state index is 13.1. The number of unbranched alkanes of at least 4 members (excludes halogenated alkanes) is 1. The molecule has 5 nitrogen and oxygen atoms in total. The molecule has 1 saturated heterocycles. The number of carbonyl (C=O) groups excluding carboxylic acids is 1. The van der Waals surface area contributed by atoms with Crippen molar-refractivity contribution in [3.63, 3.8) is 0 Å². The number of rotatable bonds is 10. The van der Waals surface area contributed by atoms with Crippen LogP contribution in [0, 0.1) is 6.92 Å². The second kappa shape index (κ2) is 11.1. The van der Waals surface area contributed by atoms with E-state index < -0.39 is 22.0 Å². The highest BCUT2D eigenvalue weighted by Gasteiger charge is 2.38. The van der Waals surface area contributed by atoms with E-state index in [1.54, 1.807) is 36.4 Å². The van der Waals surface area contributed by atoms with E-state index >= 15 is 0 Å². The lowest BCUT2D eigenvalue weighted by molar-refractivity contribution is -0.149. The third-order valence-corrected chi connectivity index (χ3v) is 6.97. The largest absolute Gasteiger partial charge is 0.464 e. The van der Waals surface area contributed by atoms with Gasteiger partial charge in [-0.05, 0) is 63.2 Å². The van der Waals surface area contributed by atoms with Crippen LogP contribution in [0.3, 0.4) is 0 Å². The highest BCUT2D eigenvalue weighted by molar-refractivity contribution is 7.89. The fraction of sp³-hybridized carbons (Fsp3) is 0.435. The monoisotopic (exact) mass is 417 g/mol. The molecule has 2 rings (SSSR count). The summed E-state index contributed by atoms with van der Waals surface area (Å²) in [5, 5.41) is 0. The summed E-state index contributed by atoms with van der Waals surface area (Å²) in [6, 6.07) is 5.97. The van der Waals surface area contributed by atoms with Crippen molar-refractivity contribution in [3.8, 4) is 0 Å². The Morgan fingerprint density at radius 1 is 1.21 bits per heavy atom. The van der Waals surface area contributed by atoms with E-state index in [-0.39, 0.29) is 11.5 Å². The van der Waals surface area contributed by atoms with Gasteiger partial charge in [0, 0.05) is 6.54 Å². The lowest BCUT2D eigenvalue weighted by Gasteiger charge is -2.33. The molecule has 0 aromatic heterocycles. The molecule has 6 heteroatoms. The van der Waals surface area contributed by atoms with Gasteiger partial charge in [-0.1, -0.05) is 49.1 Å². The van der Waals surface area contributed by atoms with Crippen LogP contribution in [0.15, 0.2) is 66.1 Å². The minimum atomic E-state index is -3.72. The molecule has 1 fully saturated rings. The molecule has 0 amide bonds. The number of esters is 1. The predicted molar refractivity (Wildman–Crippen MR) is 116 cm³/mol. The molecule has 1 aromatic carbocycles. The standard InChI is InChI=1S/C23H31NO4S/c1-4-10-20(5-2)11-7-9-18-28-23(25)22-12-6-8-17-24(22)29(26,27)21-15-13-19(3)14-16-21/h4-5,10,13-16,22H,1-2,6-9,11-12,17-18H2,3H3/b20-10+. The van der Waals surface area contributed by atoms with Crippen molar-refractivity contribution in [1.82, 2.24) is 4.31 Å². The molecule has 0 spiro atoms. The van der Waals surface area contributed by atoms with E-state index in [0.29, 0.717) is 19.4 Å². The number of ether oxygens (including phenoxy) is 1. The number of hydrogen-bond acceptors (Lipinski definition) is 4. The van der Waals surface area contributed by atoms with Crippen molar-refractivity contribution in [1.29, 1.82) is 0 Å². The Hall–Kier alpha value is -2.18. The molecule has 1 aromatic rings. The van der Waals surface area contributed by atoms with Gasteiger partial charge in [0.15, 0.2) is 0 Å². The van der Waals surface area contributed by atoms with Gasteiger partial charge in [0.1, 0.15) is 6.04 Å². The summed E-state index contributed by atoms with van der Waals surface area (Å²) in [7, 11) is -3.72. The van der Waals surface area contributed by atoms with Crippen LogP contribution in [0.5, 0.6) is 0 Å². The molecule has 158 valence electrons. The summed E-state index contributed by atoms with van der Waals surface area (Å²) in [5.74, 6) is -0.453.